The fourth-order valence-electron chi connectivity index (χ4n) is 2.80. The molecule has 0 saturated heterocycles. The lowest BCUT2D eigenvalue weighted by Crippen LogP contribution is -2.38. The number of cyclic esters (lactones) is 1. The lowest BCUT2D eigenvalue weighted by Gasteiger charge is -2.27. The fourth-order valence-corrected chi connectivity index (χ4v) is 3.07. The number of esters is 1. The van der Waals surface area contributed by atoms with Gasteiger partial charge in [-0.2, -0.15) is 0 Å². The Labute approximate surface area is 121 Å². The van der Waals surface area contributed by atoms with E-state index < -0.39 is 5.60 Å². The van der Waals surface area contributed by atoms with E-state index in [-0.39, 0.29) is 24.2 Å². The number of benzene rings is 1. The quantitative estimate of drug-likeness (QED) is 0.809. The Morgan fingerprint density at radius 1 is 1.30 bits per heavy atom. The van der Waals surface area contributed by atoms with Gasteiger partial charge in [-0.3, -0.25) is 4.79 Å². The minimum absolute atomic E-state index is 0.125. The van der Waals surface area contributed by atoms with Crippen molar-refractivity contribution >= 4 is 23.5 Å². The van der Waals surface area contributed by atoms with Gasteiger partial charge in [0.15, 0.2) is 0 Å². The van der Waals surface area contributed by atoms with Crippen molar-refractivity contribution in [2.24, 2.45) is 0 Å². The lowest BCUT2D eigenvalue weighted by molar-refractivity contribution is -0.144. The van der Waals surface area contributed by atoms with Gasteiger partial charge in [0.25, 0.3) is 0 Å². The maximum Gasteiger partial charge on any atom is 0.337 e. The highest BCUT2D eigenvalue weighted by Crippen LogP contribution is 2.44. The predicted octanol–water partition coefficient (Wildman–Crippen LogP) is 2.53. The molecule has 0 unspecified atom stereocenters. The van der Waals surface area contributed by atoms with Crippen LogP contribution < -0.4 is 5.32 Å². The summed E-state index contributed by atoms with van der Waals surface area (Å²) in [4.78, 5) is 24.1. The molecule has 1 atom stereocenters. The van der Waals surface area contributed by atoms with Crippen molar-refractivity contribution in [3.63, 3.8) is 0 Å². The highest BCUT2D eigenvalue weighted by molar-refractivity contribution is 6.31. The summed E-state index contributed by atoms with van der Waals surface area (Å²) in [7, 11) is 0. The van der Waals surface area contributed by atoms with Crippen LogP contribution in [0.2, 0.25) is 5.02 Å². The summed E-state index contributed by atoms with van der Waals surface area (Å²) < 4.78 is 5.36. The summed E-state index contributed by atoms with van der Waals surface area (Å²) in [6.45, 7) is 3.53. The van der Waals surface area contributed by atoms with Crippen molar-refractivity contribution in [2.75, 3.05) is 0 Å². The molecule has 0 saturated carbocycles. The van der Waals surface area contributed by atoms with Gasteiger partial charge in [-0.15, -0.1) is 0 Å². The molecule has 1 amide bonds. The molecule has 3 rings (SSSR count). The third-order valence-electron chi connectivity index (χ3n) is 3.72. The summed E-state index contributed by atoms with van der Waals surface area (Å²) >= 11 is 6.21. The summed E-state index contributed by atoms with van der Waals surface area (Å²) in [5, 5.41) is 3.32. The van der Waals surface area contributed by atoms with E-state index in [1.54, 1.807) is 19.9 Å². The third-order valence-corrected chi connectivity index (χ3v) is 4.07. The molecule has 5 heteroatoms. The molecule has 1 N–H and O–H groups in total. The maximum atomic E-state index is 12.2. The highest BCUT2D eigenvalue weighted by Gasteiger charge is 2.47. The highest BCUT2D eigenvalue weighted by atomic mass is 35.5. The number of amides is 1. The van der Waals surface area contributed by atoms with Crippen molar-refractivity contribution in [3.05, 3.63) is 46.1 Å². The number of hydrogen-bond acceptors (Lipinski definition) is 3. The summed E-state index contributed by atoms with van der Waals surface area (Å²) in [5.41, 5.74) is 1.06. The third kappa shape index (κ3) is 1.91. The molecular formula is C15H14ClNO3. The van der Waals surface area contributed by atoms with Crippen LogP contribution in [0.3, 0.4) is 0 Å². The molecule has 0 radical (unpaired) electrons. The van der Waals surface area contributed by atoms with Crippen molar-refractivity contribution in [1.29, 1.82) is 0 Å². The topological polar surface area (TPSA) is 55.4 Å². The average Bonchev–Trinajstić information content (AvgIpc) is 2.59. The van der Waals surface area contributed by atoms with Crippen LogP contribution in [0.25, 0.3) is 0 Å². The summed E-state index contributed by atoms with van der Waals surface area (Å²) in [5.74, 6) is -0.850. The average molecular weight is 292 g/mol. The Kier molecular flexibility index (Phi) is 2.87. The van der Waals surface area contributed by atoms with Crippen LogP contribution in [0.4, 0.5) is 0 Å². The van der Waals surface area contributed by atoms with Crippen LogP contribution in [0.15, 0.2) is 35.5 Å². The first-order valence-corrected chi connectivity index (χ1v) is 6.80. The zero-order valence-corrected chi connectivity index (χ0v) is 12.0. The van der Waals surface area contributed by atoms with E-state index in [9.17, 15) is 9.59 Å². The van der Waals surface area contributed by atoms with Crippen molar-refractivity contribution in [3.8, 4) is 0 Å². The number of hydrogen-bond donors (Lipinski definition) is 1. The number of nitrogens with one attached hydrogen (secondary N) is 1. The van der Waals surface area contributed by atoms with E-state index in [0.717, 1.165) is 5.56 Å². The smallest absolute Gasteiger partial charge is 0.337 e. The van der Waals surface area contributed by atoms with E-state index in [1.165, 1.54) is 0 Å². The zero-order chi connectivity index (χ0) is 14.5. The van der Waals surface area contributed by atoms with Crippen LogP contribution in [0.5, 0.6) is 0 Å². The number of ether oxygens (including phenoxy) is 1. The Morgan fingerprint density at radius 3 is 2.70 bits per heavy atom. The minimum atomic E-state index is -0.804. The van der Waals surface area contributed by atoms with Crippen molar-refractivity contribution in [2.45, 2.75) is 31.8 Å². The van der Waals surface area contributed by atoms with Gasteiger partial charge in [0.1, 0.15) is 5.60 Å². The van der Waals surface area contributed by atoms with E-state index in [4.69, 9.17) is 16.3 Å². The number of carbonyl (C=O) groups is 2. The second-order valence-electron chi connectivity index (χ2n) is 5.51. The van der Waals surface area contributed by atoms with Crippen molar-refractivity contribution in [1.82, 2.24) is 5.32 Å². The van der Waals surface area contributed by atoms with Crippen LogP contribution in [0.1, 0.15) is 31.7 Å². The Balaban J connectivity index is 2.16. The van der Waals surface area contributed by atoms with Gasteiger partial charge in [0.2, 0.25) is 5.91 Å². The molecule has 104 valence electrons. The molecule has 2 aliphatic rings. The Morgan fingerprint density at radius 2 is 2.00 bits per heavy atom. The first-order chi connectivity index (χ1) is 9.40. The van der Waals surface area contributed by atoms with E-state index >= 15 is 0 Å². The van der Waals surface area contributed by atoms with Crippen LogP contribution in [-0.4, -0.2) is 17.5 Å². The Bertz CT molecular complexity index is 648. The second kappa shape index (κ2) is 4.35. The van der Waals surface area contributed by atoms with Gasteiger partial charge in [-0.1, -0.05) is 29.8 Å². The molecule has 4 nitrogen and oxygen atoms in total. The first kappa shape index (κ1) is 13.2. The monoisotopic (exact) mass is 291 g/mol. The first-order valence-electron chi connectivity index (χ1n) is 6.42. The normalized spacial score (nSPS) is 24.2. The van der Waals surface area contributed by atoms with Crippen LogP contribution >= 0.6 is 11.6 Å². The molecular weight excluding hydrogens is 278 g/mol. The van der Waals surface area contributed by atoms with E-state index in [1.807, 2.05) is 18.2 Å². The minimum Gasteiger partial charge on any atom is -0.450 e. The van der Waals surface area contributed by atoms with Gasteiger partial charge in [-0.05, 0) is 25.5 Å². The van der Waals surface area contributed by atoms with Gasteiger partial charge in [0, 0.05) is 17.4 Å². The van der Waals surface area contributed by atoms with Crippen LogP contribution in [-0.2, 0) is 14.3 Å². The summed E-state index contributed by atoms with van der Waals surface area (Å²) in [6, 6.07) is 7.27. The molecule has 2 aliphatic heterocycles. The molecule has 0 bridgehead atoms. The van der Waals surface area contributed by atoms with Crippen LogP contribution in [0, 0.1) is 0 Å². The molecule has 0 aromatic heterocycles. The molecule has 1 aromatic carbocycles. The van der Waals surface area contributed by atoms with Gasteiger partial charge in [0.05, 0.1) is 11.3 Å². The zero-order valence-electron chi connectivity index (χ0n) is 11.2. The SMILES string of the molecule is CC1(C)OC(=O)C2=C1NC(=O)C[C@@H]2c1ccccc1Cl. The Hall–Kier alpha value is -1.81. The number of halogens is 1. The number of rotatable bonds is 1. The fraction of sp³-hybridized carbons (Fsp3) is 0.333. The number of carbonyl (C=O) groups excluding carboxylic acids is 2. The van der Waals surface area contributed by atoms with Gasteiger partial charge < -0.3 is 10.1 Å². The van der Waals surface area contributed by atoms with Gasteiger partial charge in [-0.25, -0.2) is 4.79 Å². The summed E-state index contributed by atoms with van der Waals surface area (Å²) in [6.07, 6.45) is 0.202. The predicted molar refractivity (Wildman–Crippen MR) is 74.1 cm³/mol. The molecule has 0 spiro atoms. The molecule has 2 heterocycles. The standard InChI is InChI=1S/C15H14ClNO3/c1-15(2)13-12(14(19)20-15)9(7-11(18)17-13)8-5-3-4-6-10(8)16/h3-6,9H,7H2,1-2H3,(H,17,18)/t9-/m1/s1. The molecule has 0 fully saturated rings. The molecule has 20 heavy (non-hydrogen) atoms. The van der Waals surface area contributed by atoms with Crippen molar-refractivity contribution < 1.29 is 14.3 Å². The molecule has 1 aromatic rings. The lowest BCUT2D eigenvalue weighted by atomic mass is 9.83. The van der Waals surface area contributed by atoms with E-state index in [0.29, 0.717) is 16.3 Å². The second-order valence-corrected chi connectivity index (χ2v) is 5.92. The largest absolute Gasteiger partial charge is 0.450 e. The maximum absolute atomic E-state index is 12.2. The molecule has 0 aliphatic carbocycles. The van der Waals surface area contributed by atoms with Gasteiger partial charge >= 0.3 is 5.97 Å². The van der Waals surface area contributed by atoms with E-state index in [2.05, 4.69) is 5.32 Å².